The van der Waals surface area contributed by atoms with Crippen molar-refractivity contribution >= 4 is 11.7 Å². The predicted molar refractivity (Wildman–Crippen MR) is 75.2 cm³/mol. The number of carbonyl (C=O) groups excluding carboxylic acids is 1. The summed E-state index contributed by atoms with van der Waals surface area (Å²) >= 11 is 0. The number of piperidine rings is 1. The molecule has 1 saturated heterocycles. The number of nitrogens with one attached hydrogen (secondary N) is 1. The van der Waals surface area contributed by atoms with Gasteiger partial charge in [0, 0.05) is 32.5 Å². The molecule has 0 aromatic heterocycles. The Morgan fingerprint density at radius 1 is 1.16 bits per heavy atom. The Morgan fingerprint density at radius 3 is 2.58 bits per heavy atom. The van der Waals surface area contributed by atoms with Gasteiger partial charge >= 0.3 is 0 Å². The number of nitrogens with zero attached hydrogens (tertiary/aromatic N) is 2. The molecule has 19 heavy (non-hydrogen) atoms. The zero-order valence-electron chi connectivity index (χ0n) is 11.6. The van der Waals surface area contributed by atoms with Gasteiger partial charge in [0.1, 0.15) is 5.84 Å². The predicted octanol–water partition coefficient (Wildman–Crippen LogP) is 0.895. The minimum absolute atomic E-state index is 0.267. The number of hydrogen-bond donors (Lipinski definition) is 3. The van der Waals surface area contributed by atoms with Crippen LogP contribution < -0.4 is 11.1 Å². The van der Waals surface area contributed by atoms with E-state index in [-0.39, 0.29) is 11.7 Å². The van der Waals surface area contributed by atoms with Crippen molar-refractivity contribution in [2.45, 2.75) is 44.9 Å². The fourth-order valence-corrected chi connectivity index (χ4v) is 2.23. The summed E-state index contributed by atoms with van der Waals surface area (Å²) in [6.45, 7) is 3.46. The number of amidine groups is 1. The Labute approximate surface area is 115 Å². The number of likely N-dealkylation sites (tertiary alicyclic amines) is 1. The molecule has 6 nitrogen and oxygen atoms in total. The van der Waals surface area contributed by atoms with Crippen molar-refractivity contribution in [2.75, 3.05) is 26.2 Å². The SMILES string of the molecule is NC(CCCCNCCC(=O)N1CCCCC1)=NO. The molecule has 0 atom stereocenters. The molecule has 0 spiro atoms. The summed E-state index contributed by atoms with van der Waals surface area (Å²) in [4.78, 5) is 13.8. The summed E-state index contributed by atoms with van der Waals surface area (Å²) in [5, 5.41) is 14.5. The minimum atomic E-state index is 0.267. The molecule has 0 saturated carbocycles. The second-order valence-corrected chi connectivity index (χ2v) is 4.99. The number of rotatable bonds is 8. The van der Waals surface area contributed by atoms with Gasteiger partial charge in [-0.3, -0.25) is 4.79 Å². The van der Waals surface area contributed by atoms with Crippen LogP contribution in [0.3, 0.4) is 0 Å². The van der Waals surface area contributed by atoms with Gasteiger partial charge in [-0.25, -0.2) is 0 Å². The van der Waals surface area contributed by atoms with Crippen LogP contribution in [0.5, 0.6) is 0 Å². The maximum Gasteiger partial charge on any atom is 0.223 e. The van der Waals surface area contributed by atoms with Crippen LogP contribution in [0.4, 0.5) is 0 Å². The summed E-state index contributed by atoms with van der Waals surface area (Å²) in [7, 11) is 0. The third-order valence-corrected chi connectivity index (χ3v) is 3.39. The Bertz CT molecular complexity index is 288. The zero-order valence-corrected chi connectivity index (χ0v) is 11.6. The molecule has 0 aromatic rings. The van der Waals surface area contributed by atoms with E-state index < -0.39 is 0 Å². The summed E-state index contributed by atoms with van der Waals surface area (Å²) in [5.74, 6) is 0.545. The molecule has 4 N–H and O–H groups in total. The highest BCUT2D eigenvalue weighted by Crippen LogP contribution is 2.09. The van der Waals surface area contributed by atoms with Crippen LogP contribution in [0.2, 0.25) is 0 Å². The van der Waals surface area contributed by atoms with Crippen molar-refractivity contribution in [3.05, 3.63) is 0 Å². The number of nitrogens with two attached hydrogens (primary N) is 1. The highest BCUT2D eigenvalue weighted by Gasteiger charge is 2.15. The molecule has 0 bridgehead atoms. The zero-order chi connectivity index (χ0) is 13.9. The summed E-state index contributed by atoms with van der Waals surface area (Å²) < 4.78 is 0. The number of oxime groups is 1. The molecule has 1 amide bonds. The first-order valence-corrected chi connectivity index (χ1v) is 7.19. The topological polar surface area (TPSA) is 91.0 Å². The molecule has 1 aliphatic rings. The van der Waals surface area contributed by atoms with E-state index in [4.69, 9.17) is 10.9 Å². The van der Waals surface area contributed by atoms with E-state index >= 15 is 0 Å². The fourth-order valence-electron chi connectivity index (χ4n) is 2.23. The molecule has 0 radical (unpaired) electrons. The fraction of sp³-hybridized carbons (Fsp3) is 0.846. The number of unbranched alkanes of at least 4 members (excludes halogenated alkanes) is 1. The quantitative estimate of drug-likeness (QED) is 0.201. The molecule has 0 aromatic carbocycles. The lowest BCUT2D eigenvalue weighted by Gasteiger charge is -2.26. The Kier molecular flexibility index (Phi) is 7.97. The van der Waals surface area contributed by atoms with Gasteiger partial charge in [0.05, 0.1) is 0 Å². The van der Waals surface area contributed by atoms with Crippen molar-refractivity contribution in [1.29, 1.82) is 0 Å². The number of hydrogen-bond acceptors (Lipinski definition) is 4. The van der Waals surface area contributed by atoms with Crippen molar-refractivity contribution in [2.24, 2.45) is 10.9 Å². The highest BCUT2D eigenvalue weighted by molar-refractivity contribution is 5.79. The summed E-state index contributed by atoms with van der Waals surface area (Å²) in [6, 6.07) is 0. The molecule has 0 aliphatic carbocycles. The molecule has 1 rings (SSSR count). The van der Waals surface area contributed by atoms with Crippen LogP contribution in [-0.2, 0) is 4.79 Å². The van der Waals surface area contributed by atoms with Gasteiger partial charge in [0.25, 0.3) is 0 Å². The Morgan fingerprint density at radius 2 is 1.89 bits per heavy atom. The highest BCUT2D eigenvalue weighted by atomic mass is 16.4. The van der Waals surface area contributed by atoms with Crippen LogP contribution in [0.1, 0.15) is 44.9 Å². The molecule has 110 valence electrons. The van der Waals surface area contributed by atoms with E-state index in [0.29, 0.717) is 12.8 Å². The van der Waals surface area contributed by atoms with Crippen molar-refractivity contribution in [1.82, 2.24) is 10.2 Å². The molecule has 1 aliphatic heterocycles. The third kappa shape index (κ3) is 7.00. The summed E-state index contributed by atoms with van der Waals surface area (Å²) in [6.07, 6.45) is 6.60. The third-order valence-electron chi connectivity index (χ3n) is 3.39. The molecular weight excluding hydrogens is 244 g/mol. The van der Waals surface area contributed by atoms with Gasteiger partial charge in [-0.2, -0.15) is 0 Å². The van der Waals surface area contributed by atoms with Crippen LogP contribution in [0.25, 0.3) is 0 Å². The van der Waals surface area contributed by atoms with E-state index in [2.05, 4.69) is 10.5 Å². The van der Waals surface area contributed by atoms with E-state index in [9.17, 15) is 4.79 Å². The average Bonchev–Trinajstić information content (AvgIpc) is 2.46. The molecule has 0 unspecified atom stereocenters. The van der Waals surface area contributed by atoms with E-state index in [1.165, 1.54) is 6.42 Å². The van der Waals surface area contributed by atoms with Gasteiger partial charge in [-0.05, 0) is 38.6 Å². The van der Waals surface area contributed by atoms with Crippen LogP contribution in [-0.4, -0.2) is 48.0 Å². The van der Waals surface area contributed by atoms with Crippen molar-refractivity contribution in [3.63, 3.8) is 0 Å². The van der Waals surface area contributed by atoms with Crippen molar-refractivity contribution < 1.29 is 10.0 Å². The first-order valence-electron chi connectivity index (χ1n) is 7.19. The van der Waals surface area contributed by atoms with E-state index in [1.807, 2.05) is 4.90 Å². The van der Waals surface area contributed by atoms with Crippen molar-refractivity contribution in [3.8, 4) is 0 Å². The van der Waals surface area contributed by atoms with E-state index in [0.717, 1.165) is 51.9 Å². The Balaban J connectivity index is 1.94. The van der Waals surface area contributed by atoms with E-state index in [1.54, 1.807) is 0 Å². The van der Waals surface area contributed by atoms with Gasteiger partial charge in [-0.15, -0.1) is 0 Å². The van der Waals surface area contributed by atoms with Crippen LogP contribution >= 0.6 is 0 Å². The standard InChI is InChI=1S/C13H26N4O2/c14-12(16-19)6-2-3-8-15-9-7-13(18)17-10-4-1-5-11-17/h15,19H,1-11H2,(H2,14,16). The van der Waals surface area contributed by atoms with Gasteiger partial charge in [-0.1, -0.05) is 5.16 Å². The molecular formula is C13H26N4O2. The largest absolute Gasteiger partial charge is 0.409 e. The van der Waals surface area contributed by atoms with Gasteiger partial charge in [0.2, 0.25) is 5.91 Å². The number of amides is 1. The molecule has 1 heterocycles. The first-order chi connectivity index (χ1) is 9.24. The van der Waals surface area contributed by atoms with Gasteiger partial charge < -0.3 is 21.2 Å². The minimum Gasteiger partial charge on any atom is -0.409 e. The summed E-state index contributed by atoms with van der Waals surface area (Å²) in [5.41, 5.74) is 5.37. The van der Waals surface area contributed by atoms with Crippen LogP contribution in [0.15, 0.2) is 5.16 Å². The second kappa shape index (κ2) is 9.61. The molecule has 1 fully saturated rings. The second-order valence-electron chi connectivity index (χ2n) is 4.99. The maximum atomic E-state index is 11.8. The Hall–Kier alpha value is -1.30. The average molecular weight is 270 g/mol. The lowest BCUT2D eigenvalue weighted by atomic mass is 10.1. The maximum absolute atomic E-state index is 11.8. The normalized spacial score (nSPS) is 16.6. The molecule has 6 heteroatoms. The van der Waals surface area contributed by atoms with Gasteiger partial charge in [0.15, 0.2) is 0 Å². The van der Waals surface area contributed by atoms with Crippen LogP contribution in [0, 0.1) is 0 Å². The smallest absolute Gasteiger partial charge is 0.223 e. The monoisotopic (exact) mass is 270 g/mol. The number of carbonyl (C=O) groups is 1. The first kappa shape index (κ1) is 15.8. The lowest BCUT2D eigenvalue weighted by molar-refractivity contribution is -0.131. The lowest BCUT2D eigenvalue weighted by Crippen LogP contribution is -2.37.